The minimum atomic E-state index is -0.253. The lowest BCUT2D eigenvalue weighted by molar-refractivity contribution is 0.0943. The molecular weight excluding hydrogens is 653 g/mol. The number of hydrogen-bond acceptors (Lipinski definition) is 10. The molecule has 0 spiro atoms. The normalized spacial score (nSPS) is 18.0. The van der Waals surface area contributed by atoms with Crippen LogP contribution in [0, 0.1) is 0 Å². The van der Waals surface area contributed by atoms with E-state index in [9.17, 15) is 4.79 Å². The van der Waals surface area contributed by atoms with E-state index in [-0.39, 0.29) is 23.6 Å². The predicted molar refractivity (Wildman–Crippen MR) is 180 cm³/mol. The van der Waals surface area contributed by atoms with Gasteiger partial charge in [-0.2, -0.15) is 5.10 Å². The van der Waals surface area contributed by atoms with Crippen LogP contribution in [0.4, 0.5) is 11.5 Å². The quantitative estimate of drug-likeness (QED) is 0.192. The number of aromatic nitrogens is 8. The zero-order chi connectivity index (χ0) is 32.6. The van der Waals surface area contributed by atoms with Crippen molar-refractivity contribution in [3.05, 3.63) is 94.3 Å². The first-order chi connectivity index (χ1) is 23.5. The Morgan fingerprint density at radius 1 is 1.08 bits per heavy atom. The third kappa shape index (κ3) is 6.12. The number of hydrogen-bond donors (Lipinski definition) is 2. The molecule has 2 atom stereocenters. The van der Waals surface area contributed by atoms with E-state index in [1.54, 1.807) is 24.7 Å². The molecule has 2 aliphatic rings. The fraction of sp³-hybridized carbons (Fsp3) is 0.303. The van der Waals surface area contributed by atoms with Crippen molar-refractivity contribution in [3.63, 3.8) is 0 Å². The zero-order valence-corrected chi connectivity index (χ0v) is 27.3. The van der Waals surface area contributed by atoms with Gasteiger partial charge < -0.3 is 14.7 Å². The van der Waals surface area contributed by atoms with Gasteiger partial charge in [-0.25, -0.2) is 14.6 Å². The Kier molecular flexibility index (Phi) is 8.24. The van der Waals surface area contributed by atoms with Crippen molar-refractivity contribution in [1.82, 2.24) is 50.5 Å². The van der Waals surface area contributed by atoms with E-state index in [1.165, 1.54) is 5.56 Å². The fourth-order valence-electron chi connectivity index (χ4n) is 6.76. The summed E-state index contributed by atoms with van der Waals surface area (Å²) in [6, 6.07) is 15.5. The highest BCUT2D eigenvalue weighted by atomic mass is 35.5. The van der Waals surface area contributed by atoms with Gasteiger partial charge >= 0.3 is 0 Å². The average molecular weight is 685 g/mol. The maximum Gasteiger partial charge on any atom is 0.273 e. The lowest BCUT2D eigenvalue weighted by Gasteiger charge is -2.31. The molecule has 15 heteroatoms. The highest BCUT2D eigenvalue weighted by Crippen LogP contribution is 2.42. The van der Waals surface area contributed by atoms with Crippen molar-refractivity contribution in [2.24, 2.45) is 0 Å². The first-order valence-electron chi connectivity index (χ1n) is 15.8. The summed E-state index contributed by atoms with van der Waals surface area (Å²) >= 11 is 12.4. The Hall–Kier alpha value is -4.85. The van der Waals surface area contributed by atoms with Crippen LogP contribution in [0.2, 0.25) is 10.0 Å². The molecule has 8 rings (SSSR count). The van der Waals surface area contributed by atoms with Crippen LogP contribution in [0.25, 0.3) is 22.3 Å². The predicted octanol–water partition coefficient (Wildman–Crippen LogP) is 5.80. The molecule has 0 bridgehead atoms. The monoisotopic (exact) mass is 683 g/mol. The van der Waals surface area contributed by atoms with Crippen LogP contribution in [0.1, 0.15) is 53.0 Å². The number of para-hydroxylation sites is 1. The third-order valence-corrected chi connectivity index (χ3v) is 9.46. The van der Waals surface area contributed by atoms with E-state index in [1.807, 2.05) is 35.1 Å². The Morgan fingerprint density at radius 3 is 2.85 bits per heavy atom. The number of aromatic amines is 1. The highest BCUT2D eigenvalue weighted by Gasteiger charge is 2.31. The molecule has 244 valence electrons. The number of nitrogens with zero attached hydrogens (tertiary/aromatic N) is 9. The van der Waals surface area contributed by atoms with Gasteiger partial charge in [-0.15, -0.1) is 5.10 Å². The standard InChI is InChI=1S/C33H31Cl2N11O2/c34-22-10-21(11-23(35)12-22)29-18-46(43-40-29)24-4-3-9-44(16-24)17-25-13-28(42-48-25)33(47)36-8-7-20-15-45(30-6-2-1-5-26(20)30)32-27-14-39-41-31(27)37-19-38-32/h1-2,5-6,10-14,18-20,24H,3-4,7-9,15-17H2,(H,36,47)(H,37,38,39,41). The number of fused-ring (bicyclic) bond motifs is 2. The molecule has 13 nitrogen and oxygen atoms in total. The first-order valence-corrected chi connectivity index (χ1v) is 16.6. The van der Waals surface area contributed by atoms with Gasteiger partial charge in [0, 0.05) is 52.9 Å². The van der Waals surface area contributed by atoms with E-state index in [4.69, 9.17) is 27.7 Å². The topological polar surface area (TPSA) is 147 Å². The number of anilines is 2. The van der Waals surface area contributed by atoms with Crippen molar-refractivity contribution in [2.45, 2.75) is 37.8 Å². The van der Waals surface area contributed by atoms with E-state index in [0.717, 1.165) is 67.0 Å². The van der Waals surface area contributed by atoms with Crippen LogP contribution < -0.4 is 10.2 Å². The van der Waals surface area contributed by atoms with Crippen molar-refractivity contribution in [3.8, 4) is 11.3 Å². The Labute approximate surface area is 285 Å². The number of piperidine rings is 1. The number of halogens is 2. The van der Waals surface area contributed by atoms with Gasteiger partial charge in [0.25, 0.3) is 5.91 Å². The summed E-state index contributed by atoms with van der Waals surface area (Å²) in [6.45, 7) is 3.45. The molecule has 0 saturated carbocycles. The number of benzene rings is 2. The lowest BCUT2D eigenvalue weighted by Crippen LogP contribution is -2.36. The number of amides is 1. The average Bonchev–Trinajstić information content (AvgIpc) is 3.91. The zero-order valence-electron chi connectivity index (χ0n) is 25.8. The Balaban J connectivity index is 0.861. The van der Waals surface area contributed by atoms with Crippen LogP contribution in [0.5, 0.6) is 0 Å². The summed E-state index contributed by atoms with van der Waals surface area (Å²) in [5.41, 5.74) is 4.85. The third-order valence-electron chi connectivity index (χ3n) is 9.03. The van der Waals surface area contributed by atoms with Gasteiger partial charge in [0.1, 0.15) is 17.8 Å². The van der Waals surface area contributed by atoms with E-state index >= 15 is 0 Å². The molecule has 1 fully saturated rings. The van der Waals surface area contributed by atoms with Gasteiger partial charge in [0.15, 0.2) is 17.1 Å². The van der Waals surface area contributed by atoms with Crippen molar-refractivity contribution in [2.75, 3.05) is 31.1 Å². The van der Waals surface area contributed by atoms with Gasteiger partial charge in [-0.05, 0) is 55.6 Å². The summed E-state index contributed by atoms with van der Waals surface area (Å²) in [5, 5.41) is 24.9. The first kappa shape index (κ1) is 30.5. The van der Waals surface area contributed by atoms with Crippen molar-refractivity contribution < 1.29 is 9.32 Å². The summed E-state index contributed by atoms with van der Waals surface area (Å²) in [6.07, 6.45) is 7.97. The molecule has 6 aromatic rings. The lowest BCUT2D eigenvalue weighted by atomic mass is 9.98. The molecule has 4 aromatic heterocycles. The van der Waals surface area contributed by atoms with Gasteiger partial charge in [0.2, 0.25) is 0 Å². The fourth-order valence-corrected chi connectivity index (χ4v) is 7.28. The molecule has 1 saturated heterocycles. The smallest absolute Gasteiger partial charge is 0.273 e. The van der Waals surface area contributed by atoms with E-state index in [2.05, 4.69) is 62.9 Å². The van der Waals surface area contributed by atoms with Crippen LogP contribution in [-0.2, 0) is 6.54 Å². The van der Waals surface area contributed by atoms with Gasteiger partial charge in [-0.3, -0.25) is 14.8 Å². The van der Waals surface area contributed by atoms with Crippen molar-refractivity contribution in [1.29, 1.82) is 0 Å². The molecular formula is C33H31Cl2N11O2. The number of likely N-dealkylation sites (tertiary alicyclic amines) is 1. The minimum Gasteiger partial charge on any atom is -0.359 e. The van der Waals surface area contributed by atoms with Crippen LogP contribution >= 0.6 is 23.2 Å². The second kappa shape index (κ2) is 13.0. The largest absolute Gasteiger partial charge is 0.359 e. The number of rotatable bonds is 9. The maximum absolute atomic E-state index is 13.1. The summed E-state index contributed by atoms with van der Waals surface area (Å²) in [4.78, 5) is 26.4. The SMILES string of the molecule is O=C(NCCC1CN(c2ncnc3[nH]ncc23)c2ccccc21)c1cc(CN2CCCC(n3cc(-c4cc(Cl)cc(Cl)c4)nn3)C2)on1. The van der Waals surface area contributed by atoms with Crippen molar-refractivity contribution >= 4 is 51.6 Å². The van der Waals surface area contributed by atoms with Crippen LogP contribution in [-0.4, -0.2) is 77.3 Å². The highest BCUT2D eigenvalue weighted by molar-refractivity contribution is 6.35. The van der Waals surface area contributed by atoms with Gasteiger partial charge in [0.05, 0.1) is 30.4 Å². The van der Waals surface area contributed by atoms with E-state index in [0.29, 0.717) is 34.5 Å². The minimum absolute atomic E-state index is 0.150. The molecule has 2 N–H and O–H groups in total. The number of carbonyl (C=O) groups excluding carboxylic acids is 1. The van der Waals surface area contributed by atoms with Crippen LogP contribution in [0.15, 0.2) is 71.8 Å². The Bertz CT molecular complexity index is 2070. The Morgan fingerprint density at radius 2 is 1.96 bits per heavy atom. The number of carbonyl (C=O) groups is 1. The molecule has 6 heterocycles. The van der Waals surface area contributed by atoms with Crippen LogP contribution in [0.3, 0.4) is 0 Å². The molecule has 2 unspecified atom stereocenters. The second-order valence-corrected chi connectivity index (χ2v) is 13.1. The molecule has 2 aliphatic heterocycles. The number of nitrogens with one attached hydrogen (secondary N) is 2. The molecule has 0 aliphatic carbocycles. The van der Waals surface area contributed by atoms with E-state index < -0.39 is 0 Å². The van der Waals surface area contributed by atoms with Gasteiger partial charge in [-0.1, -0.05) is 51.8 Å². The second-order valence-electron chi connectivity index (χ2n) is 12.2. The summed E-state index contributed by atoms with van der Waals surface area (Å²) in [5.74, 6) is 1.42. The maximum atomic E-state index is 13.1. The molecule has 2 aromatic carbocycles. The summed E-state index contributed by atoms with van der Waals surface area (Å²) in [7, 11) is 0. The summed E-state index contributed by atoms with van der Waals surface area (Å²) < 4.78 is 7.50. The molecule has 1 amide bonds. The molecule has 0 radical (unpaired) electrons. The number of H-pyrrole nitrogens is 1. The molecule has 48 heavy (non-hydrogen) atoms.